The Balaban J connectivity index is 2.34. The average molecular weight is 286 g/mol. The van der Waals surface area contributed by atoms with E-state index in [2.05, 4.69) is 10.4 Å². The van der Waals surface area contributed by atoms with Crippen LogP contribution in [0.4, 0.5) is 10.6 Å². The highest BCUT2D eigenvalue weighted by atomic mass is 16.4. The van der Waals surface area contributed by atoms with Crippen molar-refractivity contribution in [3.63, 3.8) is 0 Å². The SMILES string of the molecule is CC1(C)CC(O)c2ccc3c(C#N)c(NC(=O)O)nn3c21. The van der Waals surface area contributed by atoms with E-state index in [0.29, 0.717) is 11.9 Å². The summed E-state index contributed by atoms with van der Waals surface area (Å²) in [7, 11) is 0. The summed E-state index contributed by atoms with van der Waals surface area (Å²) in [4.78, 5) is 10.8. The second-order valence-corrected chi connectivity index (χ2v) is 5.80. The van der Waals surface area contributed by atoms with E-state index in [0.717, 1.165) is 11.3 Å². The number of nitrogens with zero attached hydrogens (tertiary/aromatic N) is 3. The van der Waals surface area contributed by atoms with Crippen LogP contribution >= 0.6 is 0 Å². The van der Waals surface area contributed by atoms with Gasteiger partial charge in [0.05, 0.1) is 17.3 Å². The molecule has 0 saturated carbocycles. The number of hydrogen-bond acceptors (Lipinski definition) is 4. The molecule has 1 unspecified atom stereocenters. The molecule has 2 heterocycles. The number of amides is 1. The van der Waals surface area contributed by atoms with Gasteiger partial charge in [0.1, 0.15) is 11.6 Å². The molecule has 0 aliphatic heterocycles. The summed E-state index contributed by atoms with van der Waals surface area (Å²) in [5, 5.41) is 34.6. The van der Waals surface area contributed by atoms with Gasteiger partial charge >= 0.3 is 6.09 Å². The normalized spacial score (nSPS) is 19.2. The maximum atomic E-state index is 10.8. The maximum Gasteiger partial charge on any atom is 0.410 e. The quantitative estimate of drug-likeness (QED) is 0.742. The zero-order valence-corrected chi connectivity index (χ0v) is 11.6. The van der Waals surface area contributed by atoms with Crippen molar-refractivity contribution in [1.29, 1.82) is 5.26 Å². The minimum absolute atomic E-state index is 0.00981. The van der Waals surface area contributed by atoms with Crippen LogP contribution in [-0.2, 0) is 5.41 Å². The van der Waals surface area contributed by atoms with Crippen LogP contribution in [0.25, 0.3) is 5.52 Å². The van der Waals surface area contributed by atoms with Crippen molar-refractivity contribution in [3.8, 4) is 6.07 Å². The number of nitriles is 1. The van der Waals surface area contributed by atoms with E-state index in [9.17, 15) is 15.2 Å². The third-order valence-corrected chi connectivity index (χ3v) is 3.87. The summed E-state index contributed by atoms with van der Waals surface area (Å²) in [6.45, 7) is 3.97. The molecule has 3 N–H and O–H groups in total. The predicted molar refractivity (Wildman–Crippen MR) is 74.2 cm³/mol. The summed E-state index contributed by atoms with van der Waals surface area (Å²) >= 11 is 0. The average Bonchev–Trinajstić information content (AvgIpc) is 2.83. The fourth-order valence-electron chi connectivity index (χ4n) is 3.06. The minimum Gasteiger partial charge on any atom is -0.465 e. The smallest absolute Gasteiger partial charge is 0.410 e. The number of anilines is 1. The van der Waals surface area contributed by atoms with Gasteiger partial charge in [0.25, 0.3) is 0 Å². The molecule has 7 heteroatoms. The number of fused-ring (bicyclic) bond motifs is 3. The van der Waals surface area contributed by atoms with Crippen LogP contribution in [0.5, 0.6) is 0 Å². The van der Waals surface area contributed by atoms with Crippen molar-refractivity contribution in [2.75, 3.05) is 5.32 Å². The fraction of sp³-hybridized carbons (Fsp3) is 0.357. The number of aromatic nitrogens is 2. The van der Waals surface area contributed by atoms with Crippen molar-refractivity contribution in [1.82, 2.24) is 9.61 Å². The minimum atomic E-state index is -1.27. The summed E-state index contributed by atoms with van der Waals surface area (Å²) in [6.07, 6.45) is -1.29. The van der Waals surface area contributed by atoms with Gasteiger partial charge in [0.2, 0.25) is 0 Å². The maximum absolute atomic E-state index is 10.8. The third-order valence-electron chi connectivity index (χ3n) is 3.87. The van der Waals surface area contributed by atoms with E-state index in [4.69, 9.17) is 5.11 Å². The number of rotatable bonds is 1. The molecule has 1 amide bonds. The lowest BCUT2D eigenvalue weighted by atomic mass is 9.90. The van der Waals surface area contributed by atoms with Crippen molar-refractivity contribution < 1.29 is 15.0 Å². The number of nitrogens with one attached hydrogen (secondary N) is 1. The molecule has 0 saturated heterocycles. The molecule has 2 aromatic rings. The van der Waals surface area contributed by atoms with E-state index < -0.39 is 12.2 Å². The van der Waals surface area contributed by atoms with Crippen molar-refractivity contribution in [2.24, 2.45) is 0 Å². The molecule has 21 heavy (non-hydrogen) atoms. The van der Waals surface area contributed by atoms with Gasteiger partial charge in [0, 0.05) is 11.0 Å². The first kappa shape index (κ1) is 13.4. The van der Waals surface area contributed by atoms with E-state index in [-0.39, 0.29) is 16.8 Å². The summed E-state index contributed by atoms with van der Waals surface area (Å²) in [5.41, 5.74) is 1.97. The number of carboxylic acid groups (broad SMARTS) is 1. The van der Waals surface area contributed by atoms with Crippen molar-refractivity contribution in [3.05, 3.63) is 29.0 Å². The highest BCUT2D eigenvalue weighted by Crippen LogP contribution is 2.45. The Morgan fingerprint density at radius 3 is 2.90 bits per heavy atom. The Bertz CT molecular complexity index is 801. The second-order valence-electron chi connectivity index (χ2n) is 5.80. The Morgan fingerprint density at radius 1 is 1.57 bits per heavy atom. The molecule has 3 rings (SSSR count). The first-order chi connectivity index (χ1) is 9.85. The molecule has 1 aliphatic rings. The lowest BCUT2D eigenvalue weighted by Crippen LogP contribution is -2.17. The molecule has 0 aromatic carbocycles. The molecule has 108 valence electrons. The largest absolute Gasteiger partial charge is 0.465 e. The van der Waals surface area contributed by atoms with E-state index >= 15 is 0 Å². The van der Waals surface area contributed by atoms with E-state index in [1.807, 2.05) is 19.9 Å². The van der Waals surface area contributed by atoms with Crippen LogP contribution in [0.15, 0.2) is 12.1 Å². The topological polar surface area (TPSA) is 111 Å². The van der Waals surface area contributed by atoms with Crippen LogP contribution in [0.3, 0.4) is 0 Å². The Kier molecular flexibility index (Phi) is 2.68. The Hall–Kier alpha value is -2.59. The van der Waals surface area contributed by atoms with Crippen LogP contribution in [0.2, 0.25) is 0 Å². The Labute approximate surface area is 120 Å². The van der Waals surface area contributed by atoms with Gasteiger partial charge in [-0.3, -0.25) is 5.32 Å². The number of carbonyl (C=O) groups is 1. The lowest BCUT2D eigenvalue weighted by Gasteiger charge is -2.19. The van der Waals surface area contributed by atoms with Gasteiger partial charge in [-0.15, -0.1) is 5.10 Å². The molecule has 0 bridgehead atoms. The van der Waals surface area contributed by atoms with Gasteiger partial charge < -0.3 is 10.2 Å². The first-order valence-corrected chi connectivity index (χ1v) is 6.49. The highest BCUT2D eigenvalue weighted by molar-refractivity contribution is 5.86. The summed E-state index contributed by atoms with van der Waals surface area (Å²) in [5.74, 6) is 0.00981. The monoisotopic (exact) mass is 286 g/mol. The van der Waals surface area contributed by atoms with E-state index in [1.165, 1.54) is 0 Å². The van der Waals surface area contributed by atoms with Gasteiger partial charge in [-0.1, -0.05) is 19.9 Å². The van der Waals surface area contributed by atoms with Crippen LogP contribution in [0, 0.1) is 11.3 Å². The standard InChI is InChI=1S/C14H14N4O3/c1-14(2)5-10(19)7-3-4-9-8(6-15)12(16-13(20)21)17-18(9)11(7)14/h3-4,10,19H,5H2,1-2H3,(H,16,17)(H,20,21). The van der Waals surface area contributed by atoms with Gasteiger partial charge in [-0.25, -0.2) is 9.31 Å². The van der Waals surface area contributed by atoms with Crippen LogP contribution in [-0.4, -0.2) is 25.9 Å². The molecular formula is C14H14N4O3. The number of aliphatic hydroxyl groups is 1. The van der Waals surface area contributed by atoms with Crippen LogP contribution in [0.1, 0.15) is 43.2 Å². The van der Waals surface area contributed by atoms with Crippen molar-refractivity contribution >= 4 is 17.4 Å². The summed E-state index contributed by atoms with van der Waals surface area (Å²) in [6, 6.07) is 5.44. The number of pyridine rings is 1. The highest BCUT2D eigenvalue weighted by Gasteiger charge is 2.39. The zero-order chi connectivity index (χ0) is 15.4. The molecule has 0 spiro atoms. The van der Waals surface area contributed by atoms with Crippen molar-refractivity contribution in [2.45, 2.75) is 31.8 Å². The Morgan fingerprint density at radius 2 is 2.29 bits per heavy atom. The number of aliphatic hydroxyl groups excluding tert-OH is 1. The molecular weight excluding hydrogens is 272 g/mol. The van der Waals surface area contributed by atoms with Gasteiger partial charge in [-0.2, -0.15) is 5.26 Å². The summed E-state index contributed by atoms with van der Waals surface area (Å²) < 4.78 is 1.56. The zero-order valence-electron chi connectivity index (χ0n) is 11.6. The second kappa shape index (κ2) is 4.20. The predicted octanol–water partition coefficient (Wildman–Crippen LogP) is 2.01. The molecule has 1 aliphatic carbocycles. The van der Waals surface area contributed by atoms with Gasteiger partial charge in [0.15, 0.2) is 5.82 Å². The fourth-order valence-corrected chi connectivity index (χ4v) is 3.06. The molecule has 2 aromatic heterocycles. The lowest BCUT2D eigenvalue weighted by molar-refractivity contribution is 0.161. The number of hydrogen-bond donors (Lipinski definition) is 3. The van der Waals surface area contributed by atoms with Crippen LogP contribution < -0.4 is 5.32 Å². The molecule has 7 nitrogen and oxygen atoms in total. The molecule has 1 atom stereocenters. The first-order valence-electron chi connectivity index (χ1n) is 6.49. The van der Waals surface area contributed by atoms with Gasteiger partial charge in [-0.05, 0) is 12.5 Å². The molecule has 0 fully saturated rings. The van der Waals surface area contributed by atoms with E-state index in [1.54, 1.807) is 16.6 Å². The molecule has 0 radical (unpaired) electrons. The third kappa shape index (κ3) is 1.84.